The van der Waals surface area contributed by atoms with Gasteiger partial charge in [-0.05, 0) is 20.8 Å². The van der Waals surface area contributed by atoms with Gasteiger partial charge in [-0.15, -0.1) is 6.42 Å². The number of carbonyl (C=O) groups is 1. The van der Waals surface area contributed by atoms with E-state index in [2.05, 4.69) is 11.2 Å². The molecule has 0 rings (SSSR count). The van der Waals surface area contributed by atoms with Gasteiger partial charge in [0.05, 0.1) is 19.8 Å². The number of nitrogens with one attached hydrogen (secondary N) is 1. The predicted octanol–water partition coefficient (Wildman–Crippen LogP) is 1.18. The lowest BCUT2D eigenvalue weighted by Gasteiger charge is -2.19. The molecule has 1 amide bonds. The molecule has 0 bridgehead atoms. The number of rotatable bonds is 7. The Balaban J connectivity index is 3.29. The Hall–Kier alpha value is -1.25. The van der Waals surface area contributed by atoms with Crippen molar-refractivity contribution in [3.8, 4) is 12.3 Å². The molecule has 0 aromatic heterocycles. The summed E-state index contributed by atoms with van der Waals surface area (Å²) in [5.41, 5.74) is -0.478. The fraction of sp³-hybridized carbons (Fsp3) is 0.750. The molecule has 0 aromatic rings. The van der Waals surface area contributed by atoms with Gasteiger partial charge in [-0.25, -0.2) is 4.79 Å². The molecule has 0 aliphatic heterocycles. The zero-order valence-corrected chi connectivity index (χ0v) is 10.7. The van der Waals surface area contributed by atoms with Crippen molar-refractivity contribution in [3.63, 3.8) is 0 Å². The molecule has 0 aliphatic rings. The summed E-state index contributed by atoms with van der Waals surface area (Å²) in [6, 6.07) is 0. The molecule has 1 N–H and O–H groups in total. The van der Waals surface area contributed by atoms with Gasteiger partial charge in [0.2, 0.25) is 0 Å². The number of hydrogen-bond acceptors (Lipinski definition) is 4. The first-order chi connectivity index (χ1) is 7.95. The smallest absolute Gasteiger partial charge is 0.407 e. The SMILES string of the molecule is C#CCOCCOCCNC(=O)OC(C)(C)C. The molecule has 0 radical (unpaired) electrons. The maximum Gasteiger partial charge on any atom is 0.407 e. The zero-order valence-electron chi connectivity index (χ0n) is 10.7. The third-order valence-electron chi connectivity index (χ3n) is 1.47. The molecule has 17 heavy (non-hydrogen) atoms. The molecule has 5 heteroatoms. The second-order valence-electron chi connectivity index (χ2n) is 4.30. The Labute approximate surface area is 103 Å². The first-order valence-electron chi connectivity index (χ1n) is 5.51. The van der Waals surface area contributed by atoms with E-state index in [-0.39, 0.29) is 0 Å². The van der Waals surface area contributed by atoms with Crippen LogP contribution in [0.1, 0.15) is 20.8 Å². The molecule has 0 aromatic carbocycles. The number of terminal acetylenes is 1. The van der Waals surface area contributed by atoms with Gasteiger partial charge in [0.15, 0.2) is 0 Å². The molecule has 0 saturated carbocycles. The highest BCUT2D eigenvalue weighted by Crippen LogP contribution is 2.05. The number of ether oxygens (including phenoxy) is 3. The van der Waals surface area contributed by atoms with Gasteiger partial charge in [-0.3, -0.25) is 0 Å². The summed E-state index contributed by atoms with van der Waals surface area (Å²) in [7, 11) is 0. The lowest BCUT2D eigenvalue weighted by atomic mass is 10.2. The van der Waals surface area contributed by atoms with E-state index in [1.165, 1.54) is 0 Å². The molecule has 0 heterocycles. The van der Waals surface area contributed by atoms with Crippen molar-refractivity contribution < 1.29 is 19.0 Å². The van der Waals surface area contributed by atoms with Crippen LogP contribution >= 0.6 is 0 Å². The Morgan fingerprint density at radius 3 is 2.47 bits per heavy atom. The summed E-state index contributed by atoms with van der Waals surface area (Å²) < 4.78 is 15.2. The minimum Gasteiger partial charge on any atom is -0.444 e. The molecule has 5 nitrogen and oxygen atoms in total. The number of amides is 1. The number of carbonyl (C=O) groups excluding carboxylic acids is 1. The summed E-state index contributed by atoms with van der Waals surface area (Å²) in [4.78, 5) is 11.2. The quantitative estimate of drug-likeness (QED) is 0.539. The van der Waals surface area contributed by atoms with Crippen molar-refractivity contribution in [2.45, 2.75) is 26.4 Å². The van der Waals surface area contributed by atoms with Crippen molar-refractivity contribution in [1.82, 2.24) is 5.32 Å². The van der Waals surface area contributed by atoms with Crippen LogP contribution in [0, 0.1) is 12.3 Å². The van der Waals surface area contributed by atoms with E-state index < -0.39 is 11.7 Å². The van der Waals surface area contributed by atoms with E-state index in [4.69, 9.17) is 20.6 Å². The Morgan fingerprint density at radius 1 is 1.24 bits per heavy atom. The molecule has 0 saturated heterocycles. The lowest BCUT2D eigenvalue weighted by Crippen LogP contribution is -2.34. The Morgan fingerprint density at radius 2 is 1.88 bits per heavy atom. The standard InChI is InChI=1S/C12H21NO4/c1-5-7-15-9-10-16-8-6-13-11(14)17-12(2,3)4/h1H,6-10H2,2-4H3,(H,13,14). The minimum atomic E-state index is -0.478. The molecule has 98 valence electrons. The normalized spacial score (nSPS) is 10.7. The van der Waals surface area contributed by atoms with Gasteiger partial charge >= 0.3 is 6.09 Å². The topological polar surface area (TPSA) is 56.8 Å². The van der Waals surface area contributed by atoms with E-state index in [1.807, 2.05) is 20.8 Å². The van der Waals surface area contributed by atoms with Crippen LogP contribution in [0.2, 0.25) is 0 Å². The predicted molar refractivity (Wildman–Crippen MR) is 64.7 cm³/mol. The van der Waals surface area contributed by atoms with Crippen LogP contribution in [-0.2, 0) is 14.2 Å². The fourth-order valence-electron chi connectivity index (χ4n) is 0.890. The van der Waals surface area contributed by atoms with Crippen molar-refractivity contribution in [3.05, 3.63) is 0 Å². The van der Waals surface area contributed by atoms with Crippen LogP contribution in [0.4, 0.5) is 4.79 Å². The van der Waals surface area contributed by atoms with E-state index in [9.17, 15) is 4.79 Å². The van der Waals surface area contributed by atoms with Gasteiger partial charge in [-0.1, -0.05) is 5.92 Å². The number of hydrogen-bond donors (Lipinski definition) is 1. The van der Waals surface area contributed by atoms with Crippen molar-refractivity contribution in [2.24, 2.45) is 0 Å². The van der Waals surface area contributed by atoms with Crippen molar-refractivity contribution in [1.29, 1.82) is 0 Å². The van der Waals surface area contributed by atoms with E-state index in [0.29, 0.717) is 33.0 Å². The molecule has 0 unspecified atom stereocenters. The summed E-state index contributed by atoms with van der Waals surface area (Å²) >= 11 is 0. The van der Waals surface area contributed by atoms with Crippen LogP contribution in [0.15, 0.2) is 0 Å². The molecule has 0 atom stereocenters. The van der Waals surface area contributed by atoms with Gasteiger partial charge in [0.1, 0.15) is 12.2 Å². The average molecular weight is 243 g/mol. The van der Waals surface area contributed by atoms with Crippen molar-refractivity contribution in [2.75, 3.05) is 33.0 Å². The molecule has 0 aliphatic carbocycles. The van der Waals surface area contributed by atoms with Crippen LogP contribution in [0.5, 0.6) is 0 Å². The summed E-state index contributed by atoms with van der Waals surface area (Å²) in [6.45, 7) is 7.46. The maximum atomic E-state index is 11.2. The summed E-state index contributed by atoms with van der Waals surface area (Å²) in [6.07, 6.45) is 4.56. The van der Waals surface area contributed by atoms with Gasteiger partial charge in [0.25, 0.3) is 0 Å². The number of alkyl carbamates (subject to hydrolysis) is 1. The van der Waals surface area contributed by atoms with Crippen LogP contribution in [0.25, 0.3) is 0 Å². The molecule has 0 spiro atoms. The zero-order chi connectivity index (χ0) is 13.1. The minimum absolute atomic E-state index is 0.291. The summed E-state index contributed by atoms with van der Waals surface area (Å²) in [5.74, 6) is 2.36. The van der Waals surface area contributed by atoms with Gasteiger partial charge < -0.3 is 19.5 Å². The Kier molecular flexibility index (Phi) is 8.20. The van der Waals surface area contributed by atoms with Crippen LogP contribution in [0.3, 0.4) is 0 Å². The van der Waals surface area contributed by atoms with Gasteiger partial charge in [0, 0.05) is 6.54 Å². The van der Waals surface area contributed by atoms with E-state index in [1.54, 1.807) is 0 Å². The first kappa shape index (κ1) is 15.8. The highest BCUT2D eigenvalue weighted by Gasteiger charge is 2.15. The summed E-state index contributed by atoms with van der Waals surface area (Å²) in [5, 5.41) is 2.58. The third kappa shape index (κ3) is 12.7. The van der Waals surface area contributed by atoms with Crippen LogP contribution < -0.4 is 5.32 Å². The monoisotopic (exact) mass is 243 g/mol. The fourth-order valence-corrected chi connectivity index (χ4v) is 0.890. The Bertz CT molecular complexity index is 252. The first-order valence-corrected chi connectivity index (χ1v) is 5.51. The lowest BCUT2D eigenvalue weighted by molar-refractivity contribution is 0.0443. The third-order valence-corrected chi connectivity index (χ3v) is 1.47. The molecule has 0 fully saturated rings. The molecular weight excluding hydrogens is 222 g/mol. The van der Waals surface area contributed by atoms with Crippen molar-refractivity contribution >= 4 is 6.09 Å². The van der Waals surface area contributed by atoms with E-state index in [0.717, 1.165) is 0 Å². The maximum absolute atomic E-state index is 11.2. The highest BCUT2D eigenvalue weighted by molar-refractivity contribution is 5.67. The van der Waals surface area contributed by atoms with E-state index >= 15 is 0 Å². The second-order valence-corrected chi connectivity index (χ2v) is 4.30. The average Bonchev–Trinajstić information content (AvgIpc) is 2.19. The highest BCUT2D eigenvalue weighted by atomic mass is 16.6. The second kappa shape index (κ2) is 8.85. The largest absolute Gasteiger partial charge is 0.444 e. The van der Waals surface area contributed by atoms with Crippen LogP contribution in [-0.4, -0.2) is 44.7 Å². The molecular formula is C12H21NO4. The van der Waals surface area contributed by atoms with Gasteiger partial charge in [-0.2, -0.15) is 0 Å².